The number of aromatic nitrogens is 4. The van der Waals surface area contributed by atoms with Gasteiger partial charge < -0.3 is 9.72 Å². The zero-order valence-corrected chi connectivity index (χ0v) is 10.7. The molecule has 1 aromatic carbocycles. The molecule has 1 N–H and O–H groups in total. The smallest absolute Gasteiger partial charge is 0.248 e. The van der Waals surface area contributed by atoms with Gasteiger partial charge in [0.2, 0.25) is 5.88 Å². The first-order valence-electron chi connectivity index (χ1n) is 4.91. The minimum absolute atomic E-state index is 0.483. The number of nitrogens with one attached hydrogen (secondary N) is 1. The summed E-state index contributed by atoms with van der Waals surface area (Å²) in [4.78, 5) is 15.2. The predicted octanol–water partition coefficient (Wildman–Crippen LogP) is 2.75. The van der Waals surface area contributed by atoms with Gasteiger partial charge in [0.1, 0.15) is 17.6 Å². The minimum atomic E-state index is 0.483. The molecule has 0 bridgehead atoms. The van der Waals surface area contributed by atoms with E-state index in [9.17, 15) is 0 Å². The number of ether oxygens (including phenoxy) is 1. The summed E-state index contributed by atoms with van der Waals surface area (Å²) in [6, 6.07) is 7.75. The van der Waals surface area contributed by atoms with Crippen LogP contribution in [0, 0.1) is 3.57 Å². The maximum Gasteiger partial charge on any atom is 0.248 e. The second kappa shape index (κ2) is 4.28. The van der Waals surface area contributed by atoms with Gasteiger partial charge in [0.15, 0.2) is 5.65 Å². The summed E-state index contributed by atoms with van der Waals surface area (Å²) in [7, 11) is 0. The number of H-pyrrole nitrogens is 1. The molecule has 17 heavy (non-hydrogen) atoms. The summed E-state index contributed by atoms with van der Waals surface area (Å²) in [6.45, 7) is 0. The van der Waals surface area contributed by atoms with E-state index in [1.165, 1.54) is 6.33 Å². The number of nitrogens with zero attached hydrogens (tertiary/aromatic N) is 3. The van der Waals surface area contributed by atoms with Gasteiger partial charge in [0.25, 0.3) is 0 Å². The largest absolute Gasteiger partial charge is 0.436 e. The van der Waals surface area contributed by atoms with Gasteiger partial charge in [-0.1, -0.05) is 12.1 Å². The molecule has 0 aliphatic heterocycles. The van der Waals surface area contributed by atoms with E-state index < -0.39 is 0 Å². The molecule has 0 aliphatic rings. The molecule has 2 heterocycles. The van der Waals surface area contributed by atoms with E-state index in [-0.39, 0.29) is 0 Å². The van der Waals surface area contributed by atoms with Gasteiger partial charge in [-0.05, 0) is 34.7 Å². The Hall–Kier alpha value is -1.70. The highest BCUT2D eigenvalue weighted by Crippen LogP contribution is 2.27. The highest BCUT2D eigenvalue weighted by atomic mass is 127. The van der Waals surface area contributed by atoms with Crippen molar-refractivity contribution >= 4 is 33.8 Å². The molecule has 0 saturated heterocycles. The molecule has 5 nitrogen and oxygen atoms in total. The average molecular weight is 338 g/mol. The van der Waals surface area contributed by atoms with Gasteiger partial charge >= 0.3 is 0 Å². The van der Waals surface area contributed by atoms with Crippen LogP contribution in [0.3, 0.4) is 0 Å². The van der Waals surface area contributed by atoms with Crippen molar-refractivity contribution in [3.8, 4) is 11.6 Å². The lowest BCUT2D eigenvalue weighted by atomic mass is 10.3. The van der Waals surface area contributed by atoms with Gasteiger partial charge in [-0.3, -0.25) is 0 Å². The van der Waals surface area contributed by atoms with Crippen molar-refractivity contribution in [1.29, 1.82) is 0 Å². The monoisotopic (exact) mass is 338 g/mol. The quantitative estimate of drug-likeness (QED) is 0.730. The Morgan fingerprint density at radius 3 is 2.88 bits per heavy atom. The number of fused-ring (bicyclic) bond motifs is 1. The first-order chi connectivity index (χ1) is 8.34. The molecule has 0 radical (unpaired) electrons. The molecule has 84 valence electrons. The van der Waals surface area contributed by atoms with Crippen molar-refractivity contribution in [2.75, 3.05) is 0 Å². The summed E-state index contributed by atoms with van der Waals surface area (Å²) in [6.07, 6.45) is 3.01. The predicted molar refractivity (Wildman–Crippen MR) is 70.9 cm³/mol. The normalized spacial score (nSPS) is 10.6. The van der Waals surface area contributed by atoms with Crippen LogP contribution in [0.1, 0.15) is 0 Å². The van der Waals surface area contributed by atoms with Crippen molar-refractivity contribution in [1.82, 2.24) is 19.9 Å². The third-order valence-electron chi connectivity index (χ3n) is 2.23. The average Bonchev–Trinajstić information content (AvgIpc) is 2.81. The van der Waals surface area contributed by atoms with Crippen LogP contribution in [-0.2, 0) is 0 Å². The highest BCUT2D eigenvalue weighted by molar-refractivity contribution is 14.1. The Morgan fingerprint density at radius 1 is 1.12 bits per heavy atom. The van der Waals surface area contributed by atoms with Crippen molar-refractivity contribution in [2.24, 2.45) is 0 Å². The second-order valence-corrected chi connectivity index (χ2v) is 4.47. The van der Waals surface area contributed by atoms with E-state index in [1.807, 2.05) is 24.3 Å². The van der Waals surface area contributed by atoms with Gasteiger partial charge in [0, 0.05) is 0 Å². The van der Waals surface area contributed by atoms with E-state index in [2.05, 4.69) is 42.5 Å². The van der Waals surface area contributed by atoms with E-state index in [4.69, 9.17) is 4.74 Å². The van der Waals surface area contributed by atoms with E-state index >= 15 is 0 Å². The fraction of sp³-hybridized carbons (Fsp3) is 0. The Bertz CT molecular complexity index is 667. The molecule has 0 unspecified atom stereocenters. The Morgan fingerprint density at radius 2 is 2.00 bits per heavy atom. The standard InChI is InChI=1S/C11H7IN4O/c12-7-3-1-2-4-8(7)17-11-9-10(14-5-13-9)15-6-16-11/h1-6H,(H,13,14,15,16). The molecular formula is C11H7IN4O. The minimum Gasteiger partial charge on any atom is -0.436 e. The van der Waals surface area contributed by atoms with E-state index in [0.29, 0.717) is 17.0 Å². The number of hydrogen-bond donors (Lipinski definition) is 1. The molecule has 0 fully saturated rings. The van der Waals surface area contributed by atoms with Crippen molar-refractivity contribution in [3.05, 3.63) is 40.5 Å². The van der Waals surface area contributed by atoms with Crippen LogP contribution in [0.2, 0.25) is 0 Å². The number of hydrogen-bond acceptors (Lipinski definition) is 4. The van der Waals surface area contributed by atoms with Crippen molar-refractivity contribution in [3.63, 3.8) is 0 Å². The van der Waals surface area contributed by atoms with Crippen LogP contribution in [0.25, 0.3) is 11.2 Å². The summed E-state index contributed by atoms with van der Waals surface area (Å²) in [5.41, 5.74) is 1.30. The van der Waals surface area contributed by atoms with E-state index in [1.54, 1.807) is 6.33 Å². The van der Waals surface area contributed by atoms with Crippen molar-refractivity contribution in [2.45, 2.75) is 0 Å². The SMILES string of the molecule is Ic1ccccc1Oc1ncnc2nc[nH]c12. The number of benzene rings is 1. The molecule has 2 aromatic heterocycles. The van der Waals surface area contributed by atoms with Gasteiger partial charge in [0.05, 0.1) is 9.90 Å². The van der Waals surface area contributed by atoms with Gasteiger partial charge in [-0.2, -0.15) is 4.98 Å². The van der Waals surface area contributed by atoms with Crippen molar-refractivity contribution < 1.29 is 4.74 Å². The molecular weight excluding hydrogens is 331 g/mol. The zero-order valence-electron chi connectivity index (χ0n) is 8.59. The third-order valence-corrected chi connectivity index (χ3v) is 3.12. The maximum atomic E-state index is 5.75. The number of halogens is 1. The van der Waals surface area contributed by atoms with Crippen LogP contribution in [0.4, 0.5) is 0 Å². The Labute approximate surface area is 110 Å². The fourth-order valence-corrected chi connectivity index (χ4v) is 1.95. The lowest BCUT2D eigenvalue weighted by Crippen LogP contribution is -1.92. The van der Waals surface area contributed by atoms with Gasteiger partial charge in [-0.15, -0.1) is 0 Å². The zero-order chi connectivity index (χ0) is 11.7. The number of rotatable bonds is 2. The number of aromatic amines is 1. The summed E-state index contributed by atoms with van der Waals surface area (Å²) >= 11 is 2.22. The number of para-hydroxylation sites is 1. The fourth-order valence-electron chi connectivity index (χ4n) is 1.45. The van der Waals surface area contributed by atoms with Crippen LogP contribution in [-0.4, -0.2) is 19.9 Å². The maximum absolute atomic E-state index is 5.75. The molecule has 0 saturated carbocycles. The first-order valence-corrected chi connectivity index (χ1v) is 5.99. The second-order valence-electron chi connectivity index (χ2n) is 3.31. The molecule has 3 aromatic rings. The van der Waals surface area contributed by atoms with Gasteiger partial charge in [-0.25, -0.2) is 9.97 Å². The molecule has 0 spiro atoms. The van der Waals surface area contributed by atoms with E-state index in [0.717, 1.165) is 9.32 Å². The third kappa shape index (κ3) is 1.95. The highest BCUT2D eigenvalue weighted by Gasteiger charge is 2.09. The molecule has 0 amide bonds. The van der Waals surface area contributed by atoms with Crippen LogP contribution in [0.15, 0.2) is 36.9 Å². The summed E-state index contributed by atoms with van der Waals surface area (Å²) < 4.78 is 6.78. The molecule has 0 atom stereocenters. The summed E-state index contributed by atoms with van der Waals surface area (Å²) in [5, 5.41) is 0. The summed E-state index contributed by atoms with van der Waals surface area (Å²) in [5.74, 6) is 1.25. The molecule has 3 rings (SSSR count). The topological polar surface area (TPSA) is 63.7 Å². The Kier molecular flexibility index (Phi) is 2.63. The van der Waals surface area contributed by atoms with Crippen LogP contribution < -0.4 is 4.74 Å². The molecule has 6 heteroatoms. The first kappa shape index (κ1) is 10.5. The molecule has 0 aliphatic carbocycles. The lowest BCUT2D eigenvalue weighted by molar-refractivity contribution is 0.464. The van der Waals surface area contributed by atoms with Crippen LogP contribution in [0.5, 0.6) is 11.6 Å². The lowest BCUT2D eigenvalue weighted by Gasteiger charge is -2.06. The van der Waals surface area contributed by atoms with Crippen LogP contribution >= 0.6 is 22.6 Å². The number of imidazole rings is 1. The Balaban J connectivity index is 2.06.